The van der Waals surface area contributed by atoms with Crippen molar-refractivity contribution < 1.29 is 4.42 Å². The van der Waals surface area contributed by atoms with Crippen molar-refractivity contribution in [2.24, 2.45) is 0 Å². The maximum atomic E-state index is 6.80. The summed E-state index contributed by atoms with van der Waals surface area (Å²) in [5.41, 5.74) is 24.6. The van der Waals surface area contributed by atoms with Gasteiger partial charge in [-0.3, -0.25) is 0 Å². The Morgan fingerprint density at radius 1 is 0.500 bits per heavy atom. The van der Waals surface area contributed by atoms with Gasteiger partial charge in [0.05, 0.1) is 5.69 Å². The summed E-state index contributed by atoms with van der Waals surface area (Å²) >= 11 is 0. The van der Waals surface area contributed by atoms with Crippen molar-refractivity contribution in [3.63, 3.8) is 0 Å². The lowest BCUT2D eigenvalue weighted by molar-refractivity contribution is 0.332. The number of hydrogen-bond donors (Lipinski definition) is 0. The van der Waals surface area contributed by atoms with Gasteiger partial charge in [-0.2, -0.15) is 0 Å². The van der Waals surface area contributed by atoms with Gasteiger partial charge in [-0.25, -0.2) is 0 Å². The van der Waals surface area contributed by atoms with Crippen LogP contribution in [0.5, 0.6) is 0 Å². The van der Waals surface area contributed by atoms with Crippen molar-refractivity contribution >= 4 is 68.1 Å². The smallest absolute Gasteiger partial charge is 0.333 e. The molecule has 0 spiro atoms. The minimum atomic E-state index is -0.223. The Balaban J connectivity index is 1.23. The van der Waals surface area contributed by atoms with Gasteiger partial charge in [-0.1, -0.05) is 140 Å². The summed E-state index contributed by atoms with van der Waals surface area (Å²) in [6.45, 7) is 19.4. The molecule has 5 aliphatic rings. The third-order valence-corrected chi connectivity index (χ3v) is 15.8. The van der Waals surface area contributed by atoms with Crippen molar-refractivity contribution in [1.82, 2.24) is 0 Å². The highest BCUT2D eigenvalue weighted by Gasteiger charge is 2.53. The fourth-order valence-corrected chi connectivity index (χ4v) is 12.7. The molecule has 0 amide bonds. The van der Waals surface area contributed by atoms with E-state index in [1.54, 1.807) is 0 Å². The average molecular weight is 777 g/mol. The van der Waals surface area contributed by atoms with Crippen LogP contribution in [0.25, 0.3) is 44.2 Å². The van der Waals surface area contributed by atoms with E-state index in [0.717, 1.165) is 16.6 Å². The van der Waals surface area contributed by atoms with Crippen molar-refractivity contribution in [2.75, 3.05) is 9.71 Å². The molecule has 13 rings (SSSR count). The topological polar surface area (TPSA) is 19.6 Å². The van der Waals surface area contributed by atoms with Crippen LogP contribution in [0.1, 0.15) is 102 Å². The normalized spacial score (nSPS) is 18.6. The van der Waals surface area contributed by atoms with Gasteiger partial charge in [0.15, 0.2) is 0 Å². The van der Waals surface area contributed by atoms with Crippen molar-refractivity contribution in [1.29, 1.82) is 0 Å². The molecule has 0 saturated carbocycles. The molecule has 7 aromatic carbocycles. The molecule has 4 heteroatoms. The molecular weight excluding hydrogens is 727 g/mol. The molecule has 8 aromatic rings. The van der Waals surface area contributed by atoms with Crippen LogP contribution in [0.2, 0.25) is 0 Å². The standard InChI is InChI=1S/C56H49BN2O/c1-53(2)26-27-54(3,4)42-28-32(24-25-39(42)53)59-45-31-48-35(34-17-10-14-23-47(34)60-48)29-37(45)49-50-36(33-16-9-11-18-38(33)56(50,7)8)30-46-51(49)57(59)43-21-15-20-41-52(43)58(46)44-22-13-12-19-40(44)55(41,5)6/h9-25,28-31H,26-27H2,1-8H3. The van der Waals surface area contributed by atoms with Crippen LogP contribution in [0.4, 0.5) is 28.4 Å². The van der Waals surface area contributed by atoms with E-state index in [9.17, 15) is 0 Å². The molecule has 4 heterocycles. The summed E-state index contributed by atoms with van der Waals surface area (Å²) in [7, 11) is 0. The first kappa shape index (κ1) is 34.8. The van der Waals surface area contributed by atoms with Gasteiger partial charge in [0.25, 0.3) is 0 Å². The number of hydrogen-bond acceptors (Lipinski definition) is 3. The Kier molecular flexibility index (Phi) is 6.40. The van der Waals surface area contributed by atoms with E-state index in [4.69, 9.17) is 4.42 Å². The van der Waals surface area contributed by atoms with Gasteiger partial charge in [0.2, 0.25) is 0 Å². The van der Waals surface area contributed by atoms with Gasteiger partial charge < -0.3 is 14.1 Å². The van der Waals surface area contributed by atoms with E-state index in [-0.39, 0.29) is 28.5 Å². The summed E-state index contributed by atoms with van der Waals surface area (Å²) in [5, 5.41) is 2.33. The molecule has 0 fully saturated rings. The summed E-state index contributed by atoms with van der Waals surface area (Å²) < 4.78 is 6.80. The molecule has 2 aliphatic carbocycles. The van der Waals surface area contributed by atoms with Crippen LogP contribution >= 0.6 is 0 Å². The van der Waals surface area contributed by atoms with Crippen LogP contribution in [0, 0.1) is 0 Å². The van der Waals surface area contributed by atoms with Gasteiger partial charge in [0.1, 0.15) is 11.2 Å². The van der Waals surface area contributed by atoms with E-state index in [2.05, 4.69) is 192 Å². The number of fused-ring (bicyclic) bond motifs is 14. The molecule has 292 valence electrons. The second-order valence-corrected chi connectivity index (χ2v) is 20.7. The zero-order valence-corrected chi connectivity index (χ0v) is 35.9. The predicted molar refractivity (Wildman–Crippen MR) is 252 cm³/mol. The third-order valence-electron chi connectivity index (χ3n) is 15.8. The number of rotatable bonds is 1. The van der Waals surface area contributed by atoms with Crippen LogP contribution in [0.3, 0.4) is 0 Å². The third kappa shape index (κ3) is 4.13. The van der Waals surface area contributed by atoms with Gasteiger partial charge in [-0.05, 0) is 121 Å². The van der Waals surface area contributed by atoms with Gasteiger partial charge >= 0.3 is 6.85 Å². The Bertz CT molecular complexity index is 3250. The van der Waals surface area contributed by atoms with Crippen molar-refractivity contribution in [3.05, 3.63) is 161 Å². The van der Waals surface area contributed by atoms with E-state index in [1.165, 1.54) is 113 Å². The zero-order chi connectivity index (χ0) is 40.8. The first-order valence-electron chi connectivity index (χ1n) is 22.0. The maximum absolute atomic E-state index is 6.80. The van der Waals surface area contributed by atoms with Gasteiger partial charge in [0, 0.05) is 56.0 Å². The highest BCUT2D eigenvalue weighted by Crippen LogP contribution is 2.61. The minimum Gasteiger partial charge on any atom is -0.456 e. The molecule has 0 bridgehead atoms. The summed E-state index contributed by atoms with van der Waals surface area (Å²) in [5.74, 6) is 0. The first-order valence-corrected chi connectivity index (χ1v) is 22.0. The molecule has 1 aromatic heterocycles. The predicted octanol–water partition coefficient (Wildman–Crippen LogP) is 13.6. The first-order chi connectivity index (χ1) is 28.8. The lowest BCUT2D eigenvalue weighted by atomic mass is 9.42. The second kappa shape index (κ2) is 11.0. The lowest BCUT2D eigenvalue weighted by Gasteiger charge is -2.51. The monoisotopic (exact) mass is 776 g/mol. The maximum Gasteiger partial charge on any atom is 0.333 e. The molecule has 0 unspecified atom stereocenters. The lowest BCUT2D eigenvalue weighted by Crippen LogP contribution is -2.63. The van der Waals surface area contributed by atoms with Crippen LogP contribution < -0.4 is 20.6 Å². The van der Waals surface area contributed by atoms with Crippen molar-refractivity contribution in [2.45, 2.75) is 89.9 Å². The number of nitrogens with zero attached hydrogens (tertiary/aromatic N) is 2. The van der Waals surface area contributed by atoms with E-state index >= 15 is 0 Å². The Morgan fingerprint density at radius 2 is 1.22 bits per heavy atom. The fraction of sp³-hybridized carbons (Fsp3) is 0.250. The highest BCUT2D eigenvalue weighted by molar-refractivity contribution is 6.93. The average Bonchev–Trinajstić information content (AvgIpc) is 3.72. The second-order valence-electron chi connectivity index (χ2n) is 20.7. The quantitative estimate of drug-likeness (QED) is 0.155. The Hall–Kier alpha value is -6.00. The fourth-order valence-electron chi connectivity index (χ4n) is 12.7. The number of para-hydroxylation sites is 3. The largest absolute Gasteiger partial charge is 0.456 e. The Morgan fingerprint density at radius 3 is 2.05 bits per heavy atom. The summed E-state index contributed by atoms with van der Waals surface area (Å²) in [4.78, 5) is 5.37. The van der Waals surface area contributed by atoms with E-state index < -0.39 is 0 Å². The SMILES string of the molecule is CC1(C)CCC(C)(C)c2cc(N3B4c5cccc6c5N(c5ccccc5C6(C)C)c5cc6c(c(c54)-c4cc5c(cc43)oc3ccccc35)C(C)(C)c3ccccc3-6)ccc21. The molecule has 60 heavy (non-hydrogen) atoms. The van der Waals surface area contributed by atoms with E-state index in [0.29, 0.717) is 0 Å². The van der Waals surface area contributed by atoms with Crippen LogP contribution in [-0.4, -0.2) is 6.85 Å². The van der Waals surface area contributed by atoms with Crippen molar-refractivity contribution in [3.8, 4) is 22.3 Å². The number of anilines is 5. The van der Waals surface area contributed by atoms with Gasteiger partial charge in [-0.15, -0.1) is 0 Å². The molecule has 0 N–H and O–H groups in total. The molecule has 0 radical (unpaired) electrons. The van der Waals surface area contributed by atoms with Crippen LogP contribution in [0.15, 0.2) is 132 Å². The number of furan rings is 1. The van der Waals surface area contributed by atoms with Crippen LogP contribution in [-0.2, 0) is 21.7 Å². The molecule has 3 nitrogen and oxygen atoms in total. The Labute approximate surface area is 353 Å². The molecule has 3 aliphatic heterocycles. The zero-order valence-electron chi connectivity index (χ0n) is 35.9. The number of benzene rings is 7. The highest BCUT2D eigenvalue weighted by atomic mass is 16.3. The molecule has 0 atom stereocenters. The van der Waals surface area contributed by atoms with E-state index in [1.807, 2.05) is 0 Å². The summed E-state index contributed by atoms with van der Waals surface area (Å²) in [6, 6.07) is 49.0. The minimum absolute atomic E-state index is 0.0604. The molecule has 0 saturated heterocycles. The summed E-state index contributed by atoms with van der Waals surface area (Å²) in [6.07, 6.45) is 2.36. The molecular formula is C56H49BN2O.